The van der Waals surface area contributed by atoms with Gasteiger partial charge in [-0.25, -0.2) is 18.2 Å². The second kappa shape index (κ2) is 12.0. The third kappa shape index (κ3) is 7.22. The summed E-state index contributed by atoms with van der Waals surface area (Å²) in [4.78, 5) is 23.4. The first-order chi connectivity index (χ1) is 17.4. The van der Waals surface area contributed by atoms with Crippen molar-refractivity contribution in [1.82, 2.24) is 15.2 Å². The Morgan fingerprint density at radius 3 is 2.70 bits per heavy atom. The van der Waals surface area contributed by atoms with Crippen LogP contribution in [0.5, 0.6) is 0 Å². The molecule has 0 radical (unpaired) electrons. The molecule has 2 aromatic rings. The van der Waals surface area contributed by atoms with Gasteiger partial charge in [0.25, 0.3) is 12.3 Å². The number of benzene rings is 1. The van der Waals surface area contributed by atoms with Crippen molar-refractivity contribution in [2.75, 3.05) is 46.5 Å². The van der Waals surface area contributed by atoms with Crippen LogP contribution < -0.4 is 16.8 Å². The lowest BCUT2D eigenvalue weighted by atomic mass is 10.1. The number of hydrogen-bond donors (Lipinski definition) is 3. The highest BCUT2D eigenvalue weighted by Crippen LogP contribution is 2.32. The number of alkyl halides is 2. The summed E-state index contributed by atoms with van der Waals surface area (Å²) < 4.78 is 41.4. The van der Waals surface area contributed by atoms with Gasteiger partial charge in [0.15, 0.2) is 5.69 Å². The van der Waals surface area contributed by atoms with Gasteiger partial charge in [-0.1, -0.05) is 23.0 Å². The van der Waals surface area contributed by atoms with Crippen molar-refractivity contribution in [3.63, 3.8) is 0 Å². The molecule has 0 saturated carbocycles. The van der Waals surface area contributed by atoms with E-state index in [2.05, 4.69) is 36.4 Å². The molecule has 12 heteroatoms. The maximum atomic E-state index is 14.4. The van der Waals surface area contributed by atoms with Gasteiger partial charge in [-0.3, -0.25) is 9.79 Å². The zero-order chi connectivity index (χ0) is 27.3. The van der Waals surface area contributed by atoms with E-state index in [0.29, 0.717) is 19.1 Å². The van der Waals surface area contributed by atoms with Crippen molar-refractivity contribution in [3.8, 4) is 10.6 Å². The van der Waals surface area contributed by atoms with Crippen LogP contribution in [0.1, 0.15) is 35.3 Å². The normalized spacial score (nSPS) is 17.7. The van der Waals surface area contributed by atoms with E-state index in [9.17, 15) is 18.0 Å². The largest absolute Gasteiger partial charge is 0.403 e. The van der Waals surface area contributed by atoms with E-state index in [-0.39, 0.29) is 32.8 Å². The second-order valence-corrected chi connectivity index (χ2v) is 11.0. The minimum absolute atomic E-state index is 0.0880. The number of anilines is 1. The zero-order valence-corrected chi connectivity index (χ0v) is 22.4. The number of aryl methyl sites for hydroxylation is 1. The van der Waals surface area contributed by atoms with E-state index in [4.69, 9.17) is 11.5 Å². The fraction of sp³-hybridized carbons (Fsp3) is 0.480. The van der Waals surface area contributed by atoms with E-state index in [1.165, 1.54) is 6.07 Å². The molecular formula is C25H35F3N7OS+. The third-order valence-corrected chi connectivity index (χ3v) is 7.27. The highest BCUT2D eigenvalue weighted by molar-refractivity contribution is 7.19. The average molecular weight is 539 g/mol. The second-order valence-electron chi connectivity index (χ2n) is 9.99. The Kier molecular flexibility index (Phi) is 9.19. The third-order valence-electron chi connectivity index (χ3n) is 6.35. The first-order valence-corrected chi connectivity index (χ1v) is 12.9. The summed E-state index contributed by atoms with van der Waals surface area (Å²) in [6.45, 7) is 2.25. The van der Waals surface area contributed by atoms with Gasteiger partial charge >= 0.3 is 0 Å². The van der Waals surface area contributed by atoms with Crippen LogP contribution in [0.3, 0.4) is 0 Å². The van der Waals surface area contributed by atoms with Gasteiger partial charge in [-0.05, 0) is 25.5 Å². The standard InChI is InChI=1S/C25H34F3N7OS/c1-15-7-8-18(26)17(12-15)25-33-21(22(30)37-25)24(36)32-19(13-29)23(31-14-20(27)28)34-10-5-6-16(9-11-34)35(2,3)4/h7-8,12-13,16,20H,5-6,9-11,14H2,1-4H3,(H4-,29,30,31,32,36)/p+1/t16-/m0/s1. The maximum Gasteiger partial charge on any atom is 0.277 e. The van der Waals surface area contributed by atoms with Crippen LogP contribution in [0.15, 0.2) is 35.1 Å². The topological polar surface area (TPSA) is 110 Å². The predicted octanol–water partition coefficient (Wildman–Crippen LogP) is 3.59. The smallest absolute Gasteiger partial charge is 0.277 e. The van der Waals surface area contributed by atoms with Gasteiger partial charge in [0, 0.05) is 37.7 Å². The molecule has 1 fully saturated rings. The predicted molar refractivity (Wildman–Crippen MR) is 142 cm³/mol. The van der Waals surface area contributed by atoms with Crippen LogP contribution in [0.25, 0.3) is 10.6 Å². The van der Waals surface area contributed by atoms with Crippen LogP contribution in [0.4, 0.5) is 18.2 Å². The lowest BCUT2D eigenvalue weighted by Gasteiger charge is -2.33. The maximum absolute atomic E-state index is 14.4. The van der Waals surface area contributed by atoms with E-state index in [1.807, 2.05) is 11.8 Å². The molecule has 3 rings (SSSR count). The first-order valence-electron chi connectivity index (χ1n) is 12.1. The molecule has 0 unspecified atom stereocenters. The Hall–Kier alpha value is -3.12. The number of rotatable bonds is 7. The number of aliphatic imine (C=N–C) groups is 1. The summed E-state index contributed by atoms with van der Waals surface area (Å²) in [6, 6.07) is 4.98. The summed E-state index contributed by atoms with van der Waals surface area (Å²) in [6.07, 6.45) is 1.12. The number of carbonyl (C=O) groups excluding carboxylic acids is 1. The van der Waals surface area contributed by atoms with Crippen LogP contribution in [0, 0.1) is 12.7 Å². The van der Waals surface area contributed by atoms with Gasteiger partial charge in [-0.2, -0.15) is 0 Å². The van der Waals surface area contributed by atoms with Crippen LogP contribution in [-0.2, 0) is 0 Å². The number of nitrogens with one attached hydrogen (secondary N) is 1. The average Bonchev–Trinajstić information content (AvgIpc) is 3.03. The van der Waals surface area contributed by atoms with Crippen molar-refractivity contribution in [2.45, 2.75) is 38.7 Å². The number of nitrogens with zero attached hydrogens (tertiary/aromatic N) is 4. The number of amides is 1. The number of hydrogen-bond acceptors (Lipinski definition) is 6. The van der Waals surface area contributed by atoms with E-state index in [1.54, 1.807) is 12.1 Å². The molecule has 1 aromatic heterocycles. The zero-order valence-electron chi connectivity index (χ0n) is 21.6. The molecular weight excluding hydrogens is 503 g/mol. The molecule has 1 atom stereocenters. The van der Waals surface area contributed by atoms with Gasteiger partial charge in [0.05, 0.1) is 32.9 Å². The molecule has 1 amide bonds. The van der Waals surface area contributed by atoms with Gasteiger partial charge < -0.3 is 26.2 Å². The summed E-state index contributed by atoms with van der Waals surface area (Å²) in [5, 5.41) is 2.99. The first kappa shape index (κ1) is 28.5. The van der Waals surface area contributed by atoms with Crippen LogP contribution >= 0.6 is 11.3 Å². The Labute approximate surface area is 219 Å². The molecule has 1 aliphatic rings. The fourth-order valence-electron chi connectivity index (χ4n) is 4.34. The Morgan fingerprint density at radius 2 is 2.05 bits per heavy atom. The molecule has 1 saturated heterocycles. The summed E-state index contributed by atoms with van der Waals surface area (Å²) in [5.41, 5.74) is 13.0. The minimum atomic E-state index is -2.66. The molecule has 1 aliphatic heterocycles. The number of nitrogens with two attached hydrogens (primary N) is 2. The van der Waals surface area contributed by atoms with E-state index < -0.39 is 24.7 Å². The molecule has 2 heterocycles. The minimum Gasteiger partial charge on any atom is -0.403 e. The van der Waals surface area contributed by atoms with Crippen molar-refractivity contribution in [1.29, 1.82) is 0 Å². The van der Waals surface area contributed by atoms with Crippen molar-refractivity contribution in [2.24, 2.45) is 10.7 Å². The Bertz CT molecular complexity index is 1170. The number of carbonyl (C=O) groups is 1. The molecule has 8 nitrogen and oxygen atoms in total. The summed E-state index contributed by atoms with van der Waals surface area (Å²) in [7, 11) is 6.39. The fourth-order valence-corrected chi connectivity index (χ4v) is 5.19. The van der Waals surface area contributed by atoms with Crippen LogP contribution in [-0.4, -0.2) is 79.4 Å². The number of quaternary nitrogens is 1. The Balaban J connectivity index is 1.85. The number of halogens is 3. The van der Waals surface area contributed by atoms with Crippen LogP contribution in [0.2, 0.25) is 0 Å². The van der Waals surface area contributed by atoms with E-state index >= 15 is 0 Å². The molecule has 202 valence electrons. The van der Waals surface area contributed by atoms with Crippen molar-refractivity contribution in [3.05, 3.63) is 47.2 Å². The number of thiazole rings is 1. The quantitative estimate of drug-likeness (QED) is 0.284. The molecule has 37 heavy (non-hydrogen) atoms. The summed E-state index contributed by atoms with van der Waals surface area (Å²) in [5.74, 6) is -0.978. The summed E-state index contributed by atoms with van der Waals surface area (Å²) >= 11 is 0.983. The lowest BCUT2D eigenvalue weighted by Crippen LogP contribution is -2.46. The highest BCUT2D eigenvalue weighted by Gasteiger charge is 2.30. The van der Waals surface area contributed by atoms with Gasteiger partial charge in [-0.15, -0.1) is 0 Å². The number of aromatic nitrogens is 1. The monoisotopic (exact) mass is 538 g/mol. The van der Waals surface area contributed by atoms with Gasteiger partial charge in [0.2, 0.25) is 0 Å². The Morgan fingerprint density at radius 1 is 1.32 bits per heavy atom. The molecule has 1 aromatic carbocycles. The number of likely N-dealkylation sites (tertiary alicyclic amines) is 1. The molecule has 0 aliphatic carbocycles. The lowest BCUT2D eigenvalue weighted by molar-refractivity contribution is -0.896. The van der Waals surface area contributed by atoms with Crippen molar-refractivity contribution >= 4 is 28.1 Å². The van der Waals surface area contributed by atoms with E-state index in [0.717, 1.165) is 46.8 Å². The number of nitrogen functional groups attached to an aromatic ring is 1. The number of amidine groups is 1. The highest BCUT2D eigenvalue weighted by atomic mass is 32.1. The van der Waals surface area contributed by atoms with Gasteiger partial charge in [0.1, 0.15) is 28.2 Å². The molecule has 5 N–H and O–H groups in total. The molecule has 0 spiro atoms. The SMILES string of the molecule is Cc1ccc(F)c(-c2nc(C(=O)N/C(=C/N)C(=NCC(F)F)N3CCC[C@H]([N+](C)(C)C)CC3)c(N)s2)c1. The van der Waals surface area contributed by atoms with Crippen molar-refractivity contribution < 1.29 is 22.4 Å². The molecule has 0 bridgehead atoms.